The van der Waals surface area contributed by atoms with Crippen molar-refractivity contribution in [3.05, 3.63) is 165 Å². The lowest BCUT2D eigenvalue weighted by Crippen LogP contribution is -2.61. The first-order valence-corrected chi connectivity index (χ1v) is 27.9. The van der Waals surface area contributed by atoms with Gasteiger partial charge in [0.15, 0.2) is 0 Å². The molecule has 6 aromatic carbocycles. The van der Waals surface area contributed by atoms with Gasteiger partial charge in [0.2, 0.25) is 0 Å². The van der Waals surface area contributed by atoms with E-state index in [-0.39, 0.29) is 44.6 Å². The van der Waals surface area contributed by atoms with Gasteiger partial charge in [-0.25, -0.2) is 0 Å². The molecule has 0 atom stereocenters. The third kappa shape index (κ3) is 6.87. The van der Waals surface area contributed by atoms with Gasteiger partial charge in [-0.1, -0.05) is 178 Å². The van der Waals surface area contributed by atoms with E-state index in [0.717, 1.165) is 6.42 Å². The molecule has 368 valence electrons. The molecule has 5 heteroatoms. The second-order valence-electron chi connectivity index (χ2n) is 27.6. The predicted octanol–water partition coefficient (Wildman–Crippen LogP) is 17.2. The van der Waals surface area contributed by atoms with Gasteiger partial charge < -0.3 is 14.7 Å². The number of hydrogen-bond donors (Lipinski definition) is 0. The molecule has 3 nitrogen and oxygen atoms in total. The van der Waals surface area contributed by atoms with Gasteiger partial charge in [0, 0.05) is 43.5 Å². The minimum atomic E-state index is -0.180. The molecular formula is C67H76BN3S. The first-order valence-electron chi connectivity index (χ1n) is 27.1. The monoisotopic (exact) mass is 966 g/mol. The smallest absolute Gasteiger partial charge is 0.264 e. The van der Waals surface area contributed by atoms with Gasteiger partial charge in [-0.15, -0.1) is 0 Å². The van der Waals surface area contributed by atoms with Crippen LogP contribution >= 0.6 is 11.3 Å². The van der Waals surface area contributed by atoms with Crippen LogP contribution in [0.15, 0.2) is 121 Å². The molecule has 0 N–H and O–H groups in total. The Hall–Kier alpha value is -5.52. The largest absolute Gasteiger partial charge is 0.311 e. The number of nitrogens with zero attached hydrogens (tertiary/aromatic N) is 3. The Labute approximate surface area is 436 Å². The van der Waals surface area contributed by atoms with E-state index < -0.39 is 0 Å². The molecule has 0 amide bonds. The molecule has 4 heterocycles. The number of rotatable bonds is 3. The maximum atomic E-state index is 2.80. The average Bonchev–Trinajstić information content (AvgIpc) is 3.74. The molecule has 3 aliphatic heterocycles. The number of para-hydroxylation sites is 2. The molecule has 0 radical (unpaired) electrons. The van der Waals surface area contributed by atoms with Crippen LogP contribution in [0.4, 0.5) is 51.2 Å². The highest BCUT2D eigenvalue weighted by atomic mass is 32.1. The molecule has 7 aromatic rings. The fourth-order valence-electron chi connectivity index (χ4n) is 13.7. The van der Waals surface area contributed by atoms with Gasteiger partial charge in [-0.2, -0.15) is 11.3 Å². The summed E-state index contributed by atoms with van der Waals surface area (Å²) >= 11 is 2.13. The molecule has 1 aromatic heterocycles. The van der Waals surface area contributed by atoms with Crippen molar-refractivity contribution in [2.45, 2.75) is 174 Å². The molecule has 0 bridgehead atoms. The lowest BCUT2D eigenvalue weighted by Gasteiger charge is -2.47. The van der Waals surface area contributed by atoms with Gasteiger partial charge in [0.05, 0.1) is 22.7 Å². The van der Waals surface area contributed by atoms with Crippen molar-refractivity contribution >= 4 is 84.9 Å². The number of anilines is 9. The van der Waals surface area contributed by atoms with Crippen molar-refractivity contribution in [2.24, 2.45) is 0 Å². The zero-order valence-corrected chi connectivity index (χ0v) is 47.0. The zero-order valence-electron chi connectivity index (χ0n) is 46.2. The number of hydrogen-bond acceptors (Lipinski definition) is 4. The first kappa shape index (κ1) is 47.5. The molecule has 12 rings (SSSR count). The SMILES string of the molecule is CC(C)(C)c1ccc(N2c3ccc(C(C)(C)C)cc3B3c4sc5c(c4N(c4ccc6c(c4)C(C)(C)CCC6(C)C)c4cc(N6c7ccccc7C(C)(C)c7ccccc76)cc2c43)C(C)(C)CCC5(C)C)cc1. The van der Waals surface area contributed by atoms with Gasteiger partial charge in [0.1, 0.15) is 0 Å². The molecule has 0 saturated carbocycles. The number of thiophene rings is 1. The number of benzene rings is 6. The van der Waals surface area contributed by atoms with Crippen LogP contribution in [-0.2, 0) is 37.9 Å². The van der Waals surface area contributed by atoms with E-state index in [1.165, 1.54) is 120 Å². The van der Waals surface area contributed by atoms with E-state index >= 15 is 0 Å². The Bertz CT molecular complexity index is 3330. The van der Waals surface area contributed by atoms with Crippen molar-refractivity contribution in [3.8, 4) is 0 Å². The van der Waals surface area contributed by atoms with Crippen LogP contribution in [0.2, 0.25) is 0 Å². The predicted molar refractivity (Wildman–Crippen MR) is 313 cm³/mol. The Kier molecular flexibility index (Phi) is 10.1. The molecule has 0 unspecified atom stereocenters. The molecule has 5 aliphatic rings. The maximum absolute atomic E-state index is 2.80. The lowest BCUT2D eigenvalue weighted by molar-refractivity contribution is 0.332. The van der Waals surface area contributed by atoms with Crippen molar-refractivity contribution in [2.75, 3.05) is 14.7 Å². The van der Waals surface area contributed by atoms with Gasteiger partial charge >= 0.3 is 0 Å². The second kappa shape index (κ2) is 15.3. The summed E-state index contributed by atoms with van der Waals surface area (Å²) in [6.45, 7) is 39.0. The van der Waals surface area contributed by atoms with Crippen molar-refractivity contribution in [1.29, 1.82) is 0 Å². The summed E-state index contributed by atoms with van der Waals surface area (Å²) in [4.78, 5) is 9.61. The van der Waals surface area contributed by atoms with Crippen LogP contribution in [0.3, 0.4) is 0 Å². The van der Waals surface area contributed by atoms with Crippen LogP contribution in [0.1, 0.15) is 180 Å². The zero-order chi connectivity index (χ0) is 51.0. The van der Waals surface area contributed by atoms with Crippen LogP contribution in [0, 0.1) is 0 Å². The van der Waals surface area contributed by atoms with E-state index in [9.17, 15) is 0 Å². The standard InChI is InChI=1S/C67H76BN3S/c1-61(2,3)41-25-28-43(29-26-41)69-53-32-27-42(62(4,5)6)37-50(53)68-57-54(69)39-45(70-51-23-19-17-21-47(51)67(15,16)48-22-18-20-24-52(48)70)40-55(57)71(44-30-31-46-49(38-44)64(9,10)34-33-63(46,7)8)58-56-59(72-60(58)68)66(13,14)36-35-65(56,11)12/h17-32,37-40H,33-36H2,1-16H3. The van der Waals surface area contributed by atoms with E-state index in [4.69, 9.17) is 0 Å². The lowest BCUT2D eigenvalue weighted by atomic mass is 9.35. The molecule has 2 aliphatic carbocycles. The van der Waals surface area contributed by atoms with Crippen LogP contribution < -0.4 is 30.4 Å². The summed E-state index contributed by atoms with van der Waals surface area (Å²) in [6, 6.07) is 48.2. The second-order valence-corrected chi connectivity index (χ2v) is 28.7. The third-order valence-electron chi connectivity index (χ3n) is 18.4. The summed E-state index contributed by atoms with van der Waals surface area (Å²) < 4.78 is 1.49. The highest BCUT2D eigenvalue weighted by molar-refractivity contribution is 7.29. The normalized spacial score (nSPS) is 19.3. The van der Waals surface area contributed by atoms with Crippen molar-refractivity contribution in [3.63, 3.8) is 0 Å². The fraction of sp³-hybridized carbons (Fsp3) is 0.403. The Balaban J connectivity index is 1.25. The highest BCUT2D eigenvalue weighted by Crippen LogP contribution is 2.59. The highest BCUT2D eigenvalue weighted by Gasteiger charge is 2.52. The fourth-order valence-corrected chi connectivity index (χ4v) is 15.4. The maximum Gasteiger partial charge on any atom is 0.264 e. The third-order valence-corrected chi connectivity index (χ3v) is 20.0. The average molecular weight is 966 g/mol. The van der Waals surface area contributed by atoms with E-state index in [1.54, 1.807) is 10.4 Å². The van der Waals surface area contributed by atoms with Crippen LogP contribution in [0.25, 0.3) is 0 Å². The summed E-state index contributed by atoms with van der Waals surface area (Å²) in [5, 5.41) is 0. The minimum absolute atomic E-state index is 0.0253. The Morgan fingerprint density at radius 2 is 0.944 bits per heavy atom. The molecule has 72 heavy (non-hydrogen) atoms. The van der Waals surface area contributed by atoms with Crippen LogP contribution in [0.5, 0.6) is 0 Å². The Morgan fingerprint density at radius 1 is 0.431 bits per heavy atom. The molecule has 0 fully saturated rings. The Morgan fingerprint density at radius 3 is 1.56 bits per heavy atom. The first-order chi connectivity index (χ1) is 33.7. The minimum Gasteiger partial charge on any atom is -0.311 e. The summed E-state index contributed by atoms with van der Waals surface area (Å²) in [6.07, 6.45) is 4.69. The van der Waals surface area contributed by atoms with E-state index in [2.05, 4.69) is 258 Å². The molecule has 0 spiro atoms. The van der Waals surface area contributed by atoms with Gasteiger partial charge in [-0.05, 0) is 163 Å². The molecular weight excluding hydrogens is 890 g/mol. The van der Waals surface area contributed by atoms with Crippen molar-refractivity contribution < 1.29 is 0 Å². The van der Waals surface area contributed by atoms with E-state index in [0.29, 0.717) is 0 Å². The topological polar surface area (TPSA) is 9.72 Å². The van der Waals surface area contributed by atoms with Crippen molar-refractivity contribution in [1.82, 2.24) is 0 Å². The van der Waals surface area contributed by atoms with E-state index in [1.807, 2.05) is 0 Å². The molecule has 0 saturated heterocycles. The van der Waals surface area contributed by atoms with Gasteiger partial charge in [0.25, 0.3) is 6.71 Å². The van der Waals surface area contributed by atoms with Gasteiger partial charge in [-0.3, -0.25) is 0 Å². The summed E-state index contributed by atoms with van der Waals surface area (Å²) in [5.74, 6) is 0. The van der Waals surface area contributed by atoms with Crippen LogP contribution in [-0.4, -0.2) is 6.71 Å². The quantitative estimate of drug-likeness (QED) is 0.163. The summed E-state index contributed by atoms with van der Waals surface area (Å²) in [7, 11) is 0. The summed E-state index contributed by atoms with van der Waals surface area (Å²) in [5.41, 5.74) is 24.1. The number of fused-ring (bicyclic) bond motifs is 9.